The lowest BCUT2D eigenvalue weighted by Gasteiger charge is -2.07. The van der Waals surface area contributed by atoms with Gasteiger partial charge in [0.25, 0.3) is 0 Å². The molecule has 0 aliphatic rings. The zero-order chi connectivity index (χ0) is 11.5. The van der Waals surface area contributed by atoms with Gasteiger partial charge in [0.15, 0.2) is 0 Å². The highest BCUT2D eigenvalue weighted by molar-refractivity contribution is 5.89. The molecular weight excluding hydrogens is 202 g/mol. The second kappa shape index (κ2) is 4.23. The van der Waals surface area contributed by atoms with E-state index < -0.39 is 0 Å². The molecule has 0 saturated carbocycles. The zero-order valence-electron chi connectivity index (χ0n) is 9.31. The van der Waals surface area contributed by atoms with Gasteiger partial charge in [-0.1, -0.05) is 6.07 Å². The Morgan fingerprint density at radius 2 is 2.06 bits per heavy atom. The van der Waals surface area contributed by atoms with E-state index >= 15 is 0 Å². The Labute approximate surface area is 94.3 Å². The molecule has 1 aromatic carbocycles. The maximum atomic E-state index is 11.4. The van der Waals surface area contributed by atoms with Crippen LogP contribution in [0.5, 0.6) is 0 Å². The number of aryl methyl sites for hydroxylation is 1. The molecule has 0 N–H and O–H groups in total. The summed E-state index contributed by atoms with van der Waals surface area (Å²) in [7, 11) is 1.38. The number of carbonyl (C=O) groups is 1. The number of ether oxygens (including phenoxy) is 1. The Bertz CT molecular complexity index is 514. The number of rotatable bonds is 2. The SMILES string of the molecule is COC(=O)c1cccc(-n2cccc2C)c1. The van der Waals surface area contributed by atoms with Crippen LogP contribution in [0.1, 0.15) is 16.1 Å². The third-order valence-corrected chi connectivity index (χ3v) is 2.50. The minimum absolute atomic E-state index is 0.313. The minimum atomic E-state index is -0.313. The van der Waals surface area contributed by atoms with Gasteiger partial charge in [-0.05, 0) is 37.3 Å². The highest BCUT2D eigenvalue weighted by atomic mass is 16.5. The quantitative estimate of drug-likeness (QED) is 0.721. The van der Waals surface area contributed by atoms with Crippen molar-refractivity contribution in [1.82, 2.24) is 4.57 Å². The molecule has 0 radical (unpaired) electrons. The minimum Gasteiger partial charge on any atom is -0.465 e. The molecule has 0 spiro atoms. The van der Waals surface area contributed by atoms with Crippen molar-refractivity contribution in [2.75, 3.05) is 7.11 Å². The Morgan fingerprint density at radius 1 is 1.25 bits per heavy atom. The van der Waals surface area contributed by atoms with Crippen molar-refractivity contribution >= 4 is 5.97 Å². The van der Waals surface area contributed by atoms with Crippen LogP contribution in [0.25, 0.3) is 5.69 Å². The molecule has 0 atom stereocenters. The second-order valence-electron chi connectivity index (χ2n) is 3.56. The number of nitrogens with zero attached hydrogens (tertiary/aromatic N) is 1. The summed E-state index contributed by atoms with van der Waals surface area (Å²) in [6.07, 6.45) is 1.96. The summed E-state index contributed by atoms with van der Waals surface area (Å²) in [5.41, 5.74) is 2.65. The van der Waals surface area contributed by atoms with E-state index in [0.29, 0.717) is 5.56 Å². The molecule has 1 heterocycles. The second-order valence-corrected chi connectivity index (χ2v) is 3.56. The Kier molecular flexibility index (Phi) is 2.77. The van der Waals surface area contributed by atoms with Gasteiger partial charge in [-0.25, -0.2) is 4.79 Å². The van der Waals surface area contributed by atoms with Gasteiger partial charge in [0, 0.05) is 17.6 Å². The fourth-order valence-electron chi connectivity index (χ4n) is 1.66. The monoisotopic (exact) mass is 215 g/mol. The number of methoxy groups -OCH3 is 1. The Balaban J connectivity index is 2.44. The van der Waals surface area contributed by atoms with Crippen LogP contribution in [0.4, 0.5) is 0 Å². The molecule has 0 fully saturated rings. The van der Waals surface area contributed by atoms with Gasteiger partial charge in [-0.2, -0.15) is 0 Å². The van der Waals surface area contributed by atoms with Crippen LogP contribution in [0.3, 0.4) is 0 Å². The molecule has 0 bridgehead atoms. The summed E-state index contributed by atoms with van der Waals surface area (Å²) in [5.74, 6) is -0.313. The van der Waals surface area contributed by atoms with Crippen molar-refractivity contribution in [3.05, 3.63) is 53.9 Å². The number of benzene rings is 1. The lowest BCUT2D eigenvalue weighted by atomic mass is 10.2. The van der Waals surface area contributed by atoms with Gasteiger partial charge in [0.05, 0.1) is 12.7 Å². The van der Waals surface area contributed by atoms with E-state index in [0.717, 1.165) is 11.4 Å². The van der Waals surface area contributed by atoms with Gasteiger partial charge in [0.1, 0.15) is 0 Å². The maximum Gasteiger partial charge on any atom is 0.337 e. The molecule has 16 heavy (non-hydrogen) atoms. The first-order valence-corrected chi connectivity index (χ1v) is 5.05. The molecule has 3 heteroatoms. The molecule has 82 valence electrons. The van der Waals surface area contributed by atoms with Crippen molar-refractivity contribution in [1.29, 1.82) is 0 Å². The van der Waals surface area contributed by atoms with Crippen molar-refractivity contribution in [2.24, 2.45) is 0 Å². The van der Waals surface area contributed by atoms with Crippen molar-refractivity contribution in [3.63, 3.8) is 0 Å². The van der Waals surface area contributed by atoms with E-state index in [1.54, 1.807) is 6.07 Å². The average molecular weight is 215 g/mol. The molecule has 2 aromatic rings. The Morgan fingerprint density at radius 3 is 2.69 bits per heavy atom. The molecule has 0 unspecified atom stereocenters. The molecular formula is C13H13NO2. The average Bonchev–Trinajstić information content (AvgIpc) is 2.74. The molecule has 0 aliphatic heterocycles. The first-order chi connectivity index (χ1) is 7.72. The van der Waals surface area contributed by atoms with E-state index in [9.17, 15) is 4.79 Å². The van der Waals surface area contributed by atoms with E-state index in [4.69, 9.17) is 4.74 Å². The van der Waals surface area contributed by atoms with Crippen LogP contribution in [-0.4, -0.2) is 17.6 Å². The third-order valence-electron chi connectivity index (χ3n) is 2.50. The Hall–Kier alpha value is -2.03. The molecule has 0 saturated heterocycles. The van der Waals surface area contributed by atoms with Gasteiger partial charge in [-0.3, -0.25) is 0 Å². The molecule has 1 aromatic heterocycles. The molecule has 0 amide bonds. The van der Waals surface area contributed by atoms with Gasteiger partial charge < -0.3 is 9.30 Å². The van der Waals surface area contributed by atoms with Crippen molar-refractivity contribution in [3.8, 4) is 5.69 Å². The summed E-state index contributed by atoms with van der Waals surface area (Å²) in [5, 5.41) is 0. The predicted molar refractivity (Wildman–Crippen MR) is 61.8 cm³/mol. The number of carbonyl (C=O) groups excluding carboxylic acids is 1. The smallest absolute Gasteiger partial charge is 0.337 e. The first kappa shape index (κ1) is 10.5. The summed E-state index contributed by atoms with van der Waals surface area (Å²) in [6.45, 7) is 2.02. The summed E-state index contributed by atoms with van der Waals surface area (Å²) in [6, 6.07) is 11.4. The summed E-state index contributed by atoms with van der Waals surface area (Å²) >= 11 is 0. The van der Waals surface area contributed by atoms with Gasteiger partial charge in [-0.15, -0.1) is 0 Å². The highest BCUT2D eigenvalue weighted by Crippen LogP contribution is 2.14. The van der Waals surface area contributed by atoms with E-state index in [2.05, 4.69) is 0 Å². The van der Waals surface area contributed by atoms with Crippen LogP contribution in [0.2, 0.25) is 0 Å². The predicted octanol–water partition coefficient (Wildman–Crippen LogP) is 2.57. The number of esters is 1. The summed E-state index contributed by atoms with van der Waals surface area (Å²) < 4.78 is 6.71. The van der Waals surface area contributed by atoms with Crippen LogP contribution in [0.15, 0.2) is 42.6 Å². The lowest BCUT2D eigenvalue weighted by molar-refractivity contribution is 0.0600. The van der Waals surface area contributed by atoms with Crippen molar-refractivity contribution in [2.45, 2.75) is 6.92 Å². The van der Waals surface area contributed by atoms with E-state index in [1.165, 1.54) is 7.11 Å². The summed E-state index contributed by atoms with van der Waals surface area (Å²) in [4.78, 5) is 11.4. The van der Waals surface area contributed by atoms with Crippen LogP contribution in [0, 0.1) is 6.92 Å². The third kappa shape index (κ3) is 1.84. The highest BCUT2D eigenvalue weighted by Gasteiger charge is 2.06. The van der Waals surface area contributed by atoms with Crippen LogP contribution in [-0.2, 0) is 4.74 Å². The van der Waals surface area contributed by atoms with Gasteiger partial charge >= 0.3 is 5.97 Å². The fraction of sp³-hybridized carbons (Fsp3) is 0.154. The van der Waals surface area contributed by atoms with Crippen molar-refractivity contribution < 1.29 is 9.53 Å². The zero-order valence-corrected chi connectivity index (χ0v) is 9.31. The number of aromatic nitrogens is 1. The molecule has 0 aliphatic carbocycles. The topological polar surface area (TPSA) is 31.2 Å². The normalized spacial score (nSPS) is 10.1. The van der Waals surface area contributed by atoms with E-state index in [-0.39, 0.29) is 5.97 Å². The lowest BCUT2D eigenvalue weighted by Crippen LogP contribution is -2.03. The number of hydrogen-bond acceptors (Lipinski definition) is 2. The van der Waals surface area contributed by atoms with Crippen LogP contribution >= 0.6 is 0 Å². The molecule has 2 rings (SSSR count). The number of hydrogen-bond donors (Lipinski definition) is 0. The maximum absolute atomic E-state index is 11.4. The van der Waals surface area contributed by atoms with E-state index in [1.807, 2.05) is 48.0 Å². The van der Waals surface area contributed by atoms with Crippen LogP contribution < -0.4 is 0 Å². The fourth-order valence-corrected chi connectivity index (χ4v) is 1.66. The standard InChI is InChI=1S/C13H13NO2/c1-10-5-4-8-14(10)12-7-3-6-11(9-12)13(15)16-2/h3-9H,1-2H3. The first-order valence-electron chi connectivity index (χ1n) is 5.05. The molecule has 3 nitrogen and oxygen atoms in total. The largest absolute Gasteiger partial charge is 0.465 e. The van der Waals surface area contributed by atoms with Gasteiger partial charge in [0.2, 0.25) is 0 Å².